The van der Waals surface area contributed by atoms with Crippen LogP contribution >= 0.6 is 11.8 Å². The second kappa shape index (κ2) is 4.52. The molecule has 0 aromatic carbocycles. The number of rotatable bonds is 2. The summed E-state index contributed by atoms with van der Waals surface area (Å²) < 4.78 is 5.23. The number of anilines is 1. The fourth-order valence-corrected chi connectivity index (χ4v) is 1.48. The zero-order valence-corrected chi connectivity index (χ0v) is 8.75. The first kappa shape index (κ1) is 9.60. The van der Waals surface area contributed by atoms with E-state index in [0.29, 0.717) is 5.95 Å². The number of aromatic nitrogens is 4. The van der Waals surface area contributed by atoms with Crippen LogP contribution in [0.5, 0.6) is 0 Å². The van der Waals surface area contributed by atoms with E-state index >= 15 is 0 Å². The van der Waals surface area contributed by atoms with Gasteiger partial charge in [0.25, 0.3) is 0 Å². The summed E-state index contributed by atoms with van der Waals surface area (Å²) in [5.41, 5.74) is 0. The normalized spacial score (nSPS) is 17.1. The monoisotopic (exact) mass is 214 g/mol. The topological polar surface area (TPSA) is 65.3 Å². The number of nitrogens with zero attached hydrogens (tertiary/aromatic N) is 4. The molecule has 1 aliphatic rings. The van der Waals surface area contributed by atoms with Crippen molar-refractivity contribution in [1.82, 2.24) is 15.3 Å². The second-order valence-electron chi connectivity index (χ2n) is 2.83. The van der Waals surface area contributed by atoms with E-state index in [1.165, 1.54) is 11.8 Å². The summed E-state index contributed by atoms with van der Waals surface area (Å²) in [6.07, 6.45) is 1.93. The van der Waals surface area contributed by atoms with Crippen LogP contribution in [0.25, 0.3) is 0 Å². The highest BCUT2D eigenvalue weighted by Crippen LogP contribution is 2.07. The van der Waals surface area contributed by atoms with Gasteiger partial charge in [0.2, 0.25) is 0 Å². The molecule has 1 aromatic heterocycles. The number of hydrogen-bond acceptors (Lipinski definition) is 6. The molecular formula is C7H12N5OS+. The quantitative estimate of drug-likeness (QED) is 0.603. The molecule has 0 radical (unpaired) electrons. The predicted molar refractivity (Wildman–Crippen MR) is 51.2 cm³/mol. The maximum absolute atomic E-state index is 5.23. The van der Waals surface area contributed by atoms with Crippen LogP contribution in [0, 0.1) is 0 Å². The second-order valence-corrected chi connectivity index (χ2v) is 3.63. The molecule has 0 unspecified atom stereocenters. The summed E-state index contributed by atoms with van der Waals surface area (Å²) in [5, 5.41) is 15.7. The van der Waals surface area contributed by atoms with Gasteiger partial charge in [0.1, 0.15) is 0 Å². The lowest BCUT2D eigenvalue weighted by atomic mass is 10.4. The Morgan fingerprint density at radius 1 is 1.36 bits per heavy atom. The van der Waals surface area contributed by atoms with Crippen LogP contribution in [0.3, 0.4) is 0 Å². The lowest BCUT2D eigenvalue weighted by Gasteiger charge is -2.24. The van der Waals surface area contributed by atoms with Crippen LogP contribution in [0.15, 0.2) is 5.16 Å². The van der Waals surface area contributed by atoms with Gasteiger partial charge in [0.05, 0.1) is 18.3 Å². The highest BCUT2D eigenvalue weighted by atomic mass is 32.2. The van der Waals surface area contributed by atoms with Crippen molar-refractivity contribution in [1.29, 1.82) is 0 Å². The van der Waals surface area contributed by atoms with Gasteiger partial charge in [-0.3, -0.25) is 0 Å². The van der Waals surface area contributed by atoms with Crippen LogP contribution in [0.4, 0.5) is 5.95 Å². The van der Waals surface area contributed by atoms with Crippen molar-refractivity contribution < 1.29 is 9.84 Å². The molecule has 1 saturated heterocycles. The maximum Gasteiger partial charge on any atom is 0.403 e. The van der Waals surface area contributed by atoms with E-state index < -0.39 is 0 Å². The smallest absolute Gasteiger partial charge is 0.378 e. The molecule has 1 N–H and O–H groups in total. The minimum atomic E-state index is 0.645. The molecule has 14 heavy (non-hydrogen) atoms. The fraction of sp³-hybridized carbons (Fsp3) is 0.714. The van der Waals surface area contributed by atoms with E-state index in [1.807, 2.05) is 6.26 Å². The number of H-pyrrole nitrogens is 1. The summed E-state index contributed by atoms with van der Waals surface area (Å²) in [5.74, 6) is 0.645. The predicted octanol–water partition coefficient (Wildman–Crippen LogP) is -0.756. The Kier molecular flexibility index (Phi) is 3.10. The van der Waals surface area contributed by atoms with Crippen molar-refractivity contribution in [2.24, 2.45) is 0 Å². The molecule has 0 spiro atoms. The van der Waals surface area contributed by atoms with Crippen molar-refractivity contribution in [3.8, 4) is 0 Å². The molecule has 2 rings (SSSR count). The van der Waals surface area contributed by atoms with Crippen LogP contribution in [0.1, 0.15) is 0 Å². The Balaban J connectivity index is 2.07. The van der Waals surface area contributed by atoms with Gasteiger partial charge < -0.3 is 9.64 Å². The van der Waals surface area contributed by atoms with E-state index in [4.69, 9.17) is 4.74 Å². The SMILES string of the molecule is CSc1nnc(N2CCOCC2)n[nH+]1. The molecule has 2 heterocycles. The molecule has 6 nitrogen and oxygen atoms in total. The highest BCUT2D eigenvalue weighted by molar-refractivity contribution is 7.98. The van der Waals surface area contributed by atoms with Crippen LogP contribution in [-0.4, -0.2) is 47.9 Å². The standard InChI is InChI=1S/C7H11N5OS/c1-14-7-10-8-6(9-11-7)12-2-4-13-5-3-12/h2-5H2,1H3/p+1. The Labute approximate surface area is 86.1 Å². The molecule has 1 aromatic rings. The largest absolute Gasteiger partial charge is 0.403 e. The number of ether oxygens (including phenoxy) is 1. The molecule has 0 amide bonds. The molecule has 0 atom stereocenters. The lowest BCUT2D eigenvalue weighted by molar-refractivity contribution is -0.506. The number of hydrogen-bond donors (Lipinski definition) is 0. The van der Waals surface area contributed by atoms with Crippen molar-refractivity contribution in [2.45, 2.75) is 5.16 Å². The van der Waals surface area contributed by atoms with Gasteiger partial charge in [-0.15, -0.1) is 5.10 Å². The zero-order chi connectivity index (χ0) is 9.80. The molecular weight excluding hydrogens is 202 g/mol. The van der Waals surface area contributed by atoms with Crippen LogP contribution < -0.4 is 10.00 Å². The molecule has 0 bridgehead atoms. The maximum atomic E-state index is 5.23. The van der Waals surface area contributed by atoms with E-state index in [9.17, 15) is 0 Å². The summed E-state index contributed by atoms with van der Waals surface area (Å²) in [6.45, 7) is 3.11. The van der Waals surface area contributed by atoms with Crippen LogP contribution in [-0.2, 0) is 4.74 Å². The first-order valence-corrected chi connectivity index (χ1v) is 5.61. The van der Waals surface area contributed by atoms with Crippen molar-refractivity contribution in [3.63, 3.8) is 0 Å². The van der Waals surface area contributed by atoms with E-state index in [1.54, 1.807) is 0 Å². The Morgan fingerprint density at radius 3 is 2.71 bits per heavy atom. The number of aromatic amines is 1. The van der Waals surface area contributed by atoms with Gasteiger partial charge in [-0.1, -0.05) is 0 Å². The summed E-state index contributed by atoms with van der Waals surface area (Å²) in [4.78, 5) is 2.05. The minimum Gasteiger partial charge on any atom is -0.378 e. The van der Waals surface area contributed by atoms with Gasteiger partial charge in [-0.05, 0) is 23.1 Å². The van der Waals surface area contributed by atoms with Crippen LogP contribution in [0.2, 0.25) is 0 Å². The highest BCUT2D eigenvalue weighted by Gasteiger charge is 2.17. The molecule has 0 saturated carbocycles. The number of nitrogens with one attached hydrogen (secondary N) is 1. The van der Waals surface area contributed by atoms with E-state index in [-0.39, 0.29) is 0 Å². The van der Waals surface area contributed by atoms with E-state index in [0.717, 1.165) is 31.5 Å². The van der Waals surface area contributed by atoms with Crippen molar-refractivity contribution >= 4 is 17.7 Å². The molecule has 1 aliphatic heterocycles. The number of thioether (sulfide) groups is 1. The van der Waals surface area contributed by atoms with Crippen molar-refractivity contribution in [3.05, 3.63) is 0 Å². The number of morpholine rings is 1. The summed E-state index contributed by atoms with van der Waals surface area (Å²) in [7, 11) is 0. The van der Waals surface area contributed by atoms with Gasteiger partial charge in [0.15, 0.2) is 0 Å². The Hall–Kier alpha value is -0.950. The molecule has 76 valence electrons. The fourth-order valence-electron chi connectivity index (χ4n) is 1.22. The first-order valence-electron chi connectivity index (χ1n) is 4.39. The third kappa shape index (κ3) is 2.10. The first-order chi connectivity index (χ1) is 6.90. The third-order valence-electron chi connectivity index (χ3n) is 1.97. The van der Waals surface area contributed by atoms with Crippen molar-refractivity contribution in [2.75, 3.05) is 37.5 Å². The van der Waals surface area contributed by atoms with Gasteiger partial charge in [0, 0.05) is 18.2 Å². The van der Waals surface area contributed by atoms with Gasteiger partial charge in [-0.25, -0.2) is 0 Å². The third-order valence-corrected chi connectivity index (χ3v) is 2.53. The van der Waals surface area contributed by atoms with E-state index in [2.05, 4.69) is 25.3 Å². The Bertz CT molecular complexity index is 287. The summed E-state index contributed by atoms with van der Waals surface area (Å²) in [6, 6.07) is 0. The van der Waals surface area contributed by atoms with Gasteiger partial charge >= 0.3 is 11.1 Å². The molecule has 0 aliphatic carbocycles. The average molecular weight is 214 g/mol. The average Bonchev–Trinajstić information content (AvgIpc) is 2.30. The minimum absolute atomic E-state index is 0.645. The molecule has 1 fully saturated rings. The molecule has 7 heteroatoms. The zero-order valence-electron chi connectivity index (χ0n) is 7.93. The Morgan fingerprint density at radius 2 is 2.14 bits per heavy atom. The summed E-state index contributed by atoms with van der Waals surface area (Å²) >= 11 is 1.49. The lowest BCUT2D eigenvalue weighted by Crippen LogP contribution is -2.39. The van der Waals surface area contributed by atoms with Gasteiger partial charge in [-0.2, -0.15) is 0 Å².